The second kappa shape index (κ2) is 6.87. The maximum absolute atomic E-state index is 12.4. The molecule has 0 aromatic heterocycles. The van der Waals surface area contributed by atoms with Gasteiger partial charge in [0.15, 0.2) is 0 Å². The van der Waals surface area contributed by atoms with E-state index in [1.807, 2.05) is 38.2 Å². The number of aryl methyl sites for hydroxylation is 1. The average Bonchev–Trinajstić information content (AvgIpc) is 2.38. The summed E-state index contributed by atoms with van der Waals surface area (Å²) in [6, 6.07) is 7.62. The maximum Gasteiger partial charge on any atom is 0.218 e. The van der Waals surface area contributed by atoms with E-state index in [1.165, 1.54) is 4.31 Å². The molecule has 1 fully saturated rings. The van der Waals surface area contributed by atoms with Gasteiger partial charge in [-0.25, -0.2) is 12.7 Å². The number of hydrogen-bond acceptors (Lipinski definition) is 4. The largest absolute Gasteiger partial charge is 0.374 e. The summed E-state index contributed by atoms with van der Waals surface area (Å²) < 4.78 is 31.9. The topological polar surface area (TPSA) is 49.9 Å². The highest BCUT2D eigenvalue weighted by molar-refractivity contribution is 7.88. The van der Waals surface area contributed by atoms with Gasteiger partial charge in [-0.3, -0.25) is 0 Å². The van der Waals surface area contributed by atoms with Crippen LogP contribution in [0.5, 0.6) is 0 Å². The van der Waals surface area contributed by atoms with Crippen molar-refractivity contribution in [3.05, 3.63) is 35.4 Å². The molecule has 0 radical (unpaired) electrons. The van der Waals surface area contributed by atoms with Crippen LogP contribution in [0.2, 0.25) is 0 Å². The minimum Gasteiger partial charge on any atom is -0.374 e. The summed E-state index contributed by atoms with van der Waals surface area (Å²) in [6.45, 7) is 4.69. The van der Waals surface area contributed by atoms with Crippen LogP contribution < -0.4 is 0 Å². The first-order valence-corrected chi connectivity index (χ1v) is 8.77. The Hall–Kier alpha value is -0.950. The van der Waals surface area contributed by atoms with Crippen molar-refractivity contribution in [3.8, 4) is 0 Å². The number of nitrogens with zero attached hydrogens (tertiary/aromatic N) is 2. The van der Waals surface area contributed by atoms with Gasteiger partial charge in [0.2, 0.25) is 10.0 Å². The summed E-state index contributed by atoms with van der Waals surface area (Å²) in [5, 5.41) is 0. The number of hydrogen-bond donors (Lipinski definition) is 0. The molecule has 0 aliphatic carbocycles. The first kappa shape index (κ1) is 16.4. The molecule has 1 aliphatic heterocycles. The molecule has 0 amide bonds. The van der Waals surface area contributed by atoms with E-state index in [9.17, 15) is 8.42 Å². The third-order valence-electron chi connectivity index (χ3n) is 3.71. The fourth-order valence-electron chi connectivity index (χ4n) is 2.50. The predicted octanol–water partition coefficient (Wildman–Crippen LogP) is 1.09. The van der Waals surface area contributed by atoms with Gasteiger partial charge < -0.3 is 9.64 Å². The normalized spacial score (nSPS) is 20.9. The zero-order valence-electron chi connectivity index (χ0n) is 12.9. The third-order valence-corrected chi connectivity index (χ3v) is 5.51. The lowest BCUT2D eigenvalue weighted by Crippen LogP contribution is -2.46. The smallest absolute Gasteiger partial charge is 0.218 e. The maximum atomic E-state index is 12.4. The van der Waals surface area contributed by atoms with Gasteiger partial charge >= 0.3 is 0 Å². The molecule has 0 bridgehead atoms. The lowest BCUT2D eigenvalue weighted by Gasteiger charge is -2.32. The minimum atomic E-state index is -3.31. The van der Waals surface area contributed by atoms with E-state index in [2.05, 4.69) is 4.90 Å². The molecular formula is C15H24N2O3S. The molecule has 0 saturated carbocycles. The van der Waals surface area contributed by atoms with E-state index in [1.54, 1.807) is 7.05 Å². The van der Waals surface area contributed by atoms with Crippen molar-refractivity contribution in [2.45, 2.75) is 18.8 Å². The molecule has 21 heavy (non-hydrogen) atoms. The van der Waals surface area contributed by atoms with Crippen molar-refractivity contribution in [1.29, 1.82) is 0 Å². The van der Waals surface area contributed by atoms with Crippen molar-refractivity contribution >= 4 is 10.0 Å². The Bertz CT molecular complexity index is 574. The van der Waals surface area contributed by atoms with Crippen LogP contribution >= 0.6 is 0 Å². The summed E-state index contributed by atoms with van der Waals surface area (Å²) in [6.07, 6.45) is -0.0546. The fraction of sp³-hybridized carbons (Fsp3) is 0.600. The molecule has 1 aliphatic rings. The summed E-state index contributed by atoms with van der Waals surface area (Å²) in [4.78, 5) is 2.16. The lowest BCUT2D eigenvalue weighted by atomic mass is 10.2. The van der Waals surface area contributed by atoms with Crippen molar-refractivity contribution in [1.82, 2.24) is 9.21 Å². The van der Waals surface area contributed by atoms with E-state index in [-0.39, 0.29) is 11.9 Å². The van der Waals surface area contributed by atoms with Gasteiger partial charge in [-0.15, -0.1) is 0 Å². The Kier molecular flexibility index (Phi) is 5.37. The van der Waals surface area contributed by atoms with Gasteiger partial charge in [0.05, 0.1) is 18.5 Å². The minimum absolute atomic E-state index is 0.0355. The Morgan fingerprint density at radius 1 is 1.43 bits per heavy atom. The Balaban J connectivity index is 1.98. The first-order chi connectivity index (χ1) is 9.87. The Morgan fingerprint density at radius 3 is 2.86 bits per heavy atom. The highest BCUT2D eigenvalue weighted by atomic mass is 32.2. The molecule has 1 aromatic carbocycles. The van der Waals surface area contributed by atoms with Gasteiger partial charge in [0.25, 0.3) is 0 Å². The quantitative estimate of drug-likeness (QED) is 0.816. The molecule has 118 valence electrons. The van der Waals surface area contributed by atoms with Gasteiger partial charge in [0, 0.05) is 26.7 Å². The molecule has 6 heteroatoms. The monoisotopic (exact) mass is 312 g/mol. The average molecular weight is 312 g/mol. The fourth-order valence-corrected chi connectivity index (χ4v) is 3.71. The number of benzene rings is 1. The summed E-state index contributed by atoms with van der Waals surface area (Å²) >= 11 is 0. The lowest BCUT2D eigenvalue weighted by molar-refractivity contribution is -0.0247. The van der Waals surface area contributed by atoms with Crippen molar-refractivity contribution in [2.75, 3.05) is 40.3 Å². The molecule has 2 rings (SSSR count). The van der Waals surface area contributed by atoms with Crippen LogP contribution in [-0.4, -0.2) is 64.1 Å². The summed E-state index contributed by atoms with van der Waals surface area (Å²) in [5.41, 5.74) is 1.89. The highest BCUT2D eigenvalue weighted by Gasteiger charge is 2.25. The number of sulfonamides is 1. The number of likely N-dealkylation sites (N-methyl/N-ethyl adjacent to an activating group) is 2. The zero-order valence-corrected chi connectivity index (χ0v) is 13.8. The van der Waals surface area contributed by atoms with Gasteiger partial charge in [-0.2, -0.15) is 0 Å². The van der Waals surface area contributed by atoms with Crippen molar-refractivity contribution in [3.63, 3.8) is 0 Å². The van der Waals surface area contributed by atoms with Gasteiger partial charge in [0.1, 0.15) is 0 Å². The second-order valence-electron chi connectivity index (χ2n) is 5.78. The summed E-state index contributed by atoms with van der Waals surface area (Å²) in [5.74, 6) is 0.0355. The van der Waals surface area contributed by atoms with Crippen LogP contribution in [0.15, 0.2) is 24.3 Å². The second-order valence-corrected chi connectivity index (χ2v) is 7.86. The molecule has 5 nitrogen and oxygen atoms in total. The molecule has 1 saturated heterocycles. The van der Waals surface area contributed by atoms with E-state index < -0.39 is 10.0 Å². The summed E-state index contributed by atoms with van der Waals surface area (Å²) in [7, 11) is 0.341. The van der Waals surface area contributed by atoms with Crippen molar-refractivity contribution < 1.29 is 13.2 Å². The van der Waals surface area contributed by atoms with Gasteiger partial charge in [-0.1, -0.05) is 29.8 Å². The molecule has 1 heterocycles. The predicted molar refractivity (Wildman–Crippen MR) is 83.7 cm³/mol. The molecular weight excluding hydrogens is 288 g/mol. The molecule has 1 aromatic rings. The number of rotatable bonds is 5. The number of ether oxygens (including phenoxy) is 1. The number of morpholine rings is 1. The van der Waals surface area contributed by atoms with E-state index in [0.29, 0.717) is 13.2 Å². The van der Waals surface area contributed by atoms with Crippen LogP contribution in [0.1, 0.15) is 11.1 Å². The molecule has 1 atom stereocenters. The first-order valence-electron chi connectivity index (χ1n) is 7.16. The zero-order chi connectivity index (χ0) is 15.5. The van der Waals surface area contributed by atoms with E-state index >= 15 is 0 Å². The van der Waals surface area contributed by atoms with Crippen LogP contribution in [0.25, 0.3) is 0 Å². The highest BCUT2D eigenvalue weighted by Crippen LogP contribution is 2.13. The van der Waals surface area contributed by atoms with Crippen LogP contribution in [0, 0.1) is 6.92 Å². The third kappa shape index (κ3) is 4.78. The Labute approximate surface area is 127 Å². The van der Waals surface area contributed by atoms with Crippen LogP contribution in [0.4, 0.5) is 0 Å². The van der Waals surface area contributed by atoms with Crippen LogP contribution in [-0.2, 0) is 20.5 Å². The molecule has 1 unspecified atom stereocenters. The SMILES string of the molecule is Cc1cccc(CS(=O)(=O)N(C)CC2CN(C)CCO2)c1. The molecule has 0 N–H and O–H groups in total. The Morgan fingerprint density at radius 2 is 2.19 bits per heavy atom. The van der Waals surface area contributed by atoms with Crippen molar-refractivity contribution in [2.24, 2.45) is 0 Å². The van der Waals surface area contributed by atoms with E-state index in [0.717, 1.165) is 24.2 Å². The molecule has 0 spiro atoms. The van der Waals surface area contributed by atoms with Crippen LogP contribution in [0.3, 0.4) is 0 Å². The standard InChI is InChI=1S/C15H24N2O3S/c1-13-5-4-6-14(9-13)12-21(18,19)17(3)11-15-10-16(2)7-8-20-15/h4-6,9,15H,7-8,10-12H2,1-3H3. The van der Waals surface area contributed by atoms with E-state index in [4.69, 9.17) is 4.74 Å². The van der Waals surface area contributed by atoms with Gasteiger partial charge in [-0.05, 0) is 19.5 Å².